The monoisotopic (exact) mass is 272 g/mol. The van der Waals surface area contributed by atoms with Gasteiger partial charge in [0.25, 0.3) is 0 Å². The van der Waals surface area contributed by atoms with Gasteiger partial charge in [0.2, 0.25) is 0 Å². The van der Waals surface area contributed by atoms with Gasteiger partial charge in [-0.2, -0.15) is 0 Å². The van der Waals surface area contributed by atoms with Crippen LogP contribution < -0.4 is 5.32 Å². The Morgan fingerprint density at radius 3 is 2.55 bits per heavy atom. The molecule has 0 amide bonds. The van der Waals surface area contributed by atoms with Gasteiger partial charge in [-0.05, 0) is 44.6 Å². The van der Waals surface area contributed by atoms with E-state index in [4.69, 9.17) is 0 Å². The Morgan fingerprint density at radius 2 is 1.90 bits per heavy atom. The molecule has 3 unspecified atom stereocenters. The standard InChI is InChI=1S/C18H28N2/c1-14-9-10-16(11-14)20-13-18(2,3)19-12-17(20)15-7-5-4-6-8-15/h4-8,14,16-17,19H,9-13H2,1-3H3. The van der Waals surface area contributed by atoms with Crippen molar-refractivity contribution in [1.29, 1.82) is 0 Å². The minimum Gasteiger partial charge on any atom is -0.309 e. The van der Waals surface area contributed by atoms with Crippen molar-refractivity contribution in [3.8, 4) is 0 Å². The molecule has 0 spiro atoms. The van der Waals surface area contributed by atoms with Gasteiger partial charge in [-0.15, -0.1) is 0 Å². The highest BCUT2D eigenvalue weighted by Crippen LogP contribution is 2.36. The molecular formula is C18H28N2. The van der Waals surface area contributed by atoms with E-state index in [9.17, 15) is 0 Å². The van der Waals surface area contributed by atoms with Crippen molar-refractivity contribution in [2.75, 3.05) is 13.1 Å². The molecule has 1 aromatic rings. The Labute approximate surface area is 123 Å². The summed E-state index contributed by atoms with van der Waals surface area (Å²) in [4.78, 5) is 2.79. The fourth-order valence-electron chi connectivity index (χ4n) is 3.96. The molecule has 2 heteroatoms. The summed E-state index contributed by atoms with van der Waals surface area (Å²) in [6, 6.07) is 12.4. The maximum Gasteiger partial charge on any atom is 0.0476 e. The van der Waals surface area contributed by atoms with Gasteiger partial charge in [-0.3, -0.25) is 4.90 Å². The van der Waals surface area contributed by atoms with Gasteiger partial charge in [0.05, 0.1) is 0 Å². The van der Waals surface area contributed by atoms with E-state index in [-0.39, 0.29) is 5.54 Å². The average Bonchev–Trinajstić information content (AvgIpc) is 2.85. The molecule has 1 saturated carbocycles. The van der Waals surface area contributed by atoms with Crippen LogP contribution in [0.1, 0.15) is 51.6 Å². The van der Waals surface area contributed by atoms with Crippen molar-refractivity contribution >= 4 is 0 Å². The fraction of sp³-hybridized carbons (Fsp3) is 0.667. The molecule has 1 heterocycles. The van der Waals surface area contributed by atoms with Crippen LogP contribution in [0.4, 0.5) is 0 Å². The van der Waals surface area contributed by atoms with Crippen molar-refractivity contribution in [3.63, 3.8) is 0 Å². The Balaban J connectivity index is 1.83. The molecule has 3 rings (SSSR count). The molecule has 1 aliphatic carbocycles. The summed E-state index contributed by atoms with van der Waals surface area (Å²) < 4.78 is 0. The number of hydrogen-bond donors (Lipinski definition) is 1. The first-order valence-corrected chi connectivity index (χ1v) is 8.11. The molecule has 3 atom stereocenters. The molecule has 2 fully saturated rings. The summed E-state index contributed by atoms with van der Waals surface area (Å²) in [5, 5.41) is 3.73. The summed E-state index contributed by atoms with van der Waals surface area (Å²) in [6.45, 7) is 9.30. The van der Waals surface area contributed by atoms with Gasteiger partial charge in [0.15, 0.2) is 0 Å². The highest BCUT2D eigenvalue weighted by Gasteiger charge is 2.38. The molecule has 0 bridgehead atoms. The van der Waals surface area contributed by atoms with Gasteiger partial charge in [-0.25, -0.2) is 0 Å². The molecule has 0 aromatic heterocycles. The van der Waals surface area contributed by atoms with Gasteiger partial charge in [0, 0.05) is 30.7 Å². The van der Waals surface area contributed by atoms with Crippen LogP contribution in [0.25, 0.3) is 0 Å². The lowest BCUT2D eigenvalue weighted by atomic mass is 9.92. The lowest BCUT2D eigenvalue weighted by Gasteiger charge is -2.47. The Morgan fingerprint density at radius 1 is 1.15 bits per heavy atom. The highest BCUT2D eigenvalue weighted by atomic mass is 15.3. The van der Waals surface area contributed by atoms with E-state index in [0.29, 0.717) is 6.04 Å². The lowest BCUT2D eigenvalue weighted by Crippen LogP contribution is -2.60. The third-order valence-electron chi connectivity index (χ3n) is 5.07. The minimum atomic E-state index is 0.233. The maximum absolute atomic E-state index is 3.73. The van der Waals surface area contributed by atoms with Gasteiger partial charge in [0.1, 0.15) is 0 Å². The van der Waals surface area contributed by atoms with Crippen LogP contribution >= 0.6 is 0 Å². The Kier molecular flexibility index (Phi) is 3.87. The summed E-state index contributed by atoms with van der Waals surface area (Å²) in [5.41, 5.74) is 1.70. The second-order valence-electron chi connectivity index (χ2n) is 7.44. The molecule has 2 nitrogen and oxygen atoms in total. The summed E-state index contributed by atoms with van der Waals surface area (Å²) in [6.07, 6.45) is 4.15. The van der Waals surface area contributed by atoms with Crippen molar-refractivity contribution in [2.45, 2.75) is 57.7 Å². The molecular weight excluding hydrogens is 244 g/mol. The molecule has 1 aromatic carbocycles. The van der Waals surface area contributed by atoms with E-state index in [1.165, 1.54) is 24.8 Å². The Bertz CT molecular complexity index is 440. The number of hydrogen-bond acceptors (Lipinski definition) is 2. The second-order valence-corrected chi connectivity index (χ2v) is 7.44. The fourth-order valence-corrected chi connectivity index (χ4v) is 3.96. The number of benzene rings is 1. The van der Waals surface area contributed by atoms with Crippen LogP contribution in [0.3, 0.4) is 0 Å². The van der Waals surface area contributed by atoms with E-state index in [1.54, 1.807) is 0 Å². The van der Waals surface area contributed by atoms with Crippen molar-refractivity contribution in [1.82, 2.24) is 10.2 Å². The van der Waals surface area contributed by atoms with Crippen molar-refractivity contribution < 1.29 is 0 Å². The molecule has 0 radical (unpaired) electrons. The maximum atomic E-state index is 3.73. The second kappa shape index (κ2) is 5.50. The normalized spacial score (nSPS) is 34.2. The zero-order valence-corrected chi connectivity index (χ0v) is 13.1. The van der Waals surface area contributed by atoms with Crippen molar-refractivity contribution in [2.24, 2.45) is 5.92 Å². The first kappa shape index (κ1) is 14.1. The van der Waals surface area contributed by atoms with Crippen LogP contribution in [-0.2, 0) is 0 Å². The van der Waals surface area contributed by atoms with E-state index in [2.05, 4.69) is 61.3 Å². The largest absolute Gasteiger partial charge is 0.309 e. The van der Waals surface area contributed by atoms with Crippen LogP contribution in [-0.4, -0.2) is 29.6 Å². The van der Waals surface area contributed by atoms with Gasteiger partial charge >= 0.3 is 0 Å². The predicted molar refractivity (Wildman–Crippen MR) is 84.8 cm³/mol. The van der Waals surface area contributed by atoms with Crippen LogP contribution in [0.2, 0.25) is 0 Å². The topological polar surface area (TPSA) is 15.3 Å². The third kappa shape index (κ3) is 2.91. The average molecular weight is 272 g/mol. The molecule has 1 saturated heterocycles. The third-order valence-corrected chi connectivity index (χ3v) is 5.07. The predicted octanol–water partition coefficient (Wildman–Crippen LogP) is 3.60. The van der Waals surface area contributed by atoms with Crippen LogP contribution in [0, 0.1) is 5.92 Å². The first-order valence-electron chi connectivity index (χ1n) is 8.11. The zero-order chi connectivity index (χ0) is 14.2. The SMILES string of the molecule is CC1CCC(N2CC(C)(C)NCC2c2ccccc2)C1. The van der Waals surface area contributed by atoms with E-state index in [1.807, 2.05) is 0 Å². The smallest absolute Gasteiger partial charge is 0.0476 e. The number of piperazine rings is 1. The lowest BCUT2D eigenvalue weighted by molar-refractivity contribution is 0.0540. The number of nitrogens with zero attached hydrogens (tertiary/aromatic N) is 1. The van der Waals surface area contributed by atoms with E-state index >= 15 is 0 Å². The van der Waals surface area contributed by atoms with Crippen molar-refractivity contribution in [3.05, 3.63) is 35.9 Å². The van der Waals surface area contributed by atoms with Gasteiger partial charge in [-0.1, -0.05) is 37.3 Å². The quantitative estimate of drug-likeness (QED) is 0.885. The van der Waals surface area contributed by atoms with Crippen LogP contribution in [0.5, 0.6) is 0 Å². The summed E-state index contributed by atoms with van der Waals surface area (Å²) in [5.74, 6) is 0.898. The molecule has 20 heavy (non-hydrogen) atoms. The first-order chi connectivity index (χ1) is 9.55. The summed E-state index contributed by atoms with van der Waals surface area (Å²) >= 11 is 0. The summed E-state index contributed by atoms with van der Waals surface area (Å²) in [7, 11) is 0. The molecule has 2 aliphatic rings. The van der Waals surface area contributed by atoms with Gasteiger partial charge < -0.3 is 5.32 Å². The van der Waals surface area contributed by atoms with E-state index < -0.39 is 0 Å². The van der Waals surface area contributed by atoms with Crippen LogP contribution in [0.15, 0.2) is 30.3 Å². The molecule has 1 aliphatic heterocycles. The van der Waals surface area contributed by atoms with E-state index in [0.717, 1.165) is 25.0 Å². The number of rotatable bonds is 2. The highest BCUT2D eigenvalue weighted by molar-refractivity contribution is 5.21. The number of nitrogens with one attached hydrogen (secondary N) is 1. The molecule has 1 N–H and O–H groups in total. The zero-order valence-electron chi connectivity index (χ0n) is 13.1. The minimum absolute atomic E-state index is 0.233. The Hall–Kier alpha value is -0.860. The molecule has 110 valence electrons.